The summed E-state index contributed by atoms with van der Waals surface area (Å²) in [7, 11) is 0. The van der Waals surface area contributed by atoms with Crippen molar-refractivity contribution in [2.24, 2.45) is 17.3 Å². The number of benzene rings is 1. The number of pyridine rings is 1. The SMILES string of the molecule is C=Cc1ccc(-c2cccc(F)c2)cn1.CC1OC(=O)C2(C(=O)O)CC(F)(F)C(C)CC12. The number of esters is 1. The lowest BCUT2D eigenvalue weighted by Crippen LogP contribution is -2.53. The van der Waals surface area contributed by atoms with Crippen molar-refractivity contribution in [3.8, 4) is 11.1 Å². The van der Waals surface area contributed by atoms with Crippen LogP contribution in [0.15, 0.2) is 49.2 Å². The molecular weight excluding hydrogens is 423 g/mol. The van der Waals surface area contributed by atoms with Crippen molar-refractivity contribution in [2.75, 3.05) is 0 Å². The summed E-state index contributed by atoms with van der Waals surface area (Å²) in [6, 6.07) is 10.2. The van der Waals surface area contributed by atoms with E-state index in [2.05, 4.69) is 11.6 Å². The number of aliphatic carboxylic acids is 1. The predicted molar refractivity (Wildman–Crippen MR) is 112 cm³/mol. The molecular formula is C24H24F3NO4. The second kappa shape index (κ2) is 8.76. The third kappa shape index (κ3) is 4.26. The molecule has 170 valence electrons. The Hall–Kier alpha value is -3.16. The van der Waals surface area contributed by atoms with Crippen LogP contribution in [0.3, 0.4) is 0 Å². The second-order valence-electron chi connectivity index (χ2n) is 8.25. The van der Waals surface area contributed by atoms with Crippen molar-refractivity contribution < 1.29 is 32.6 Å². The average molecular weight is 447 g/mol. The molecule has 4 unspecified atom stereocenters. The zero-order valence-corrected chi connectivity index (χ0v) is 17.7. The molecule has 4 atom stereocenters. The molecule has 2 aliphatic rings. The predicted octanol–water partition coefficient (Wildman–Crippen LogP) is 5.21. The van der Waals surface area contributed by atoms with Crippen molar-refractivity contribution in [3.05, 3.63) is 60.7 Å². The van der Waals surface area contributed by atoms with Crippen LogP contribution in [0.5, 0.6) is 0 Å². The number of fused-ring (bicyclic) bond motifs is 1. The molecule has 2 heterocycles. The zero-order valence-electron chi connectivity index (χ0n) is 17.7. The van der Waals surface area contributed by atoms with Crippen molar-refractivity contribution in [3.63, 3.8) is 0 Å². The number of nitrogens with zero attached hydrogens (tertiary/aromatic N) is 1. The standard InChI is InChI=1S/C13H10FN.C11H14F2O4/c1-2-13-7-6-11(9-15-13)10-4-3-5-12(14)8-10;1-5-3-7-6(2)17-9(16)10(7,8(14)15)4-11(5,12)13/h2-9H,1H2;5-7H,3-4H2,1-2H3,(H,14,15). The van der Waals surface area contributed by atoms with Crippen molar-refractivity contribution in [1.29, 1.82) is 0 Å². The van der Waals surface area contributed by atoms with Crippen LogP contribution in [0.1, 0.15) is 32.4 Å². The minimum absolute atomic E-state index is 0.00773. The number of carbonyl (C=O) groups excluding carboxylic acids is 1. The van der Waals surface area contributed by atoms with Gasteiger partial charge < -0.3 is 9.84 Å². The average Bonchev–Trinajstić information content (AvgIpc) is 2.99. The minimum atomic E-state index is -3.14. The van der Waals surface area contributed by atoms with Gasteiger partial charge in [0.15, 0.2) is 5.41 Å². The van der Waals surface area contributed by atoms with E-state index < -0.39 is 47.6 Å². The van der Waals surface area contributed by atoms with Crippen molar-refractivity contribution >= 4 is 18.0 Å². The Labute approximate surface area is 183 Å². The molecule has 2 aromatic rings. The van der Waals surface area contributed by atoms with Crippen LogP contribution >= 0.6 is 0 Å². The Morgan fingerprint density at radius 2 is 1.97 bits per heavy atom. The van der Waals surface area contributed by atoms with E-state index in [1.807, 2.05) is 18.2 Å². The van der Waals surface area contributed by atoms with Crippen molar-refractivity contribution in [1.82, 2.24) is 4.98 Å². The molecule has 0 amide bonds. The summed E-state index contributed by atoms with van der Waals surface area (Å²) in [6.07, 6.45) is 1.81. The normalized spacial score (nSPS) is 28.0. The van der Waals surface area contributed by atoms with Gasteiger partial charge in [0, 0.05) is 30.0 Å². The van der Waals surface area contributed by atoms with E-state index in [4.69, 9.17) is 4.74 Å². The van der Waals surface area contributed by atoms with Crippen LogP contribution < -0.4 is 0 Å². The number of carboxylic acid groups (broad SMARTS) is 1. The molecule has 32 heavy (non-hydrogen) atoms. The van der Waals surface area contributed by atoms with Gasteiger partial charge >= 0.3 is 11.9 Å². The van der Waals surface area contributed by atoms with E-state index >= 15 is 0 Å². The highest BCUT2D eigenvalue weighted by atomic mass is 19.3. The Morgan fingerprint density at radius 1 is 1.25 bits per heavy atom. The summed E-state index contributed by atoms with van der Waals surface area (Å²) in [4.78, 5) is 27.1. The van der Waals surface area contributed by atoms with E-state index in [1.54, 1.807) is 25.3 Å². The van der Waals surface area contributed by atoms with Crippen molar-refractivity contribution in [2.45, 2.75) is 38.7 Å². The Kier molecular flexibility index (Phi) is 6.44. The minimum Gasteiger partial charge on any atom is -0.480 e. The summed E-state index contributed by atoms with van der Waals surface area (Å²) in [5.41, 5.74) is 0.489. The van der Waals surface area contributed by atoms with Crippen LogP contribution in [0.4, 0.5) is 13.2 Å². The molecule has 1 N–H and O–H groups in total. The number of halogens is 3. The smallest absolute Gasteiger partial charge is 0.324 e. The van der Waals surface area contributed by atoms with Crippen LogP contribution in [0.25, 0.3) is 17.2 Å². The quantitative estimate of drug-likeness (QED) is 0.516. The molecule has 0 bridgehead atoms. The van der Waals surface area contributed by atoms with E-state index in [1.165, 1.54) is 19.1 Å². The number of carboxylic acids is 1. The van der Waals surface area contributed by atoms with E-state index in [9.17, 15) is 27.9 Å². The highest BCUT2D eigenvalue weighted by molar-refractivity contribution is 6.01. The lowest BCUT2D eigenvalue weighted by atomic mass is 9.62. The number of carbonyl (C=O) groups is 2. The van der Waals surface area contributed by atoms with Gasteiger partial charge in [-0.1, -0.05) is 31.7 Å². The highest BCUT2D eigenvalue weighted by Crippen LogP contribution is 2.56. The number of rotatable bonds is 3. The molecule has 2 fully saturated rings. The molecule has 8 heteroatoms. The summed E-state index contributed by atoms with van der Waals surface area (Å²) >= 11 is 0. The van der Waals surface area contributed by atoms with Gasteiger partial charge in [0.05, 0.1) is 5.69 Å². The highest BCUT2D eigenvalue weighted by Gasteiger charge is 2.69. The zero-order chi connectivity index (χ0) is 23.7. The molecule has 1 saturated heterocycles. The van der Waals surface area contributed by atoms with Crippen LogP contribution in [0, 0.1) is 23.1 Å². The Bertz CT molecular complexity index is 1020. The fourth-order valence-corrected chi connectivity index (χ4v) is 4.29. The van der Waals surface area contributed by atoms with E-state index in [0.717, 1.165) is 16.8 Å². The Balaban J connectivity index is 0.000000182. The van der Waals surface area contributed by atoms with Gasteiger partial charge in [-0.05, 0) is 43.2 Å². The number of hydrogen-bond acceptors (Lipinski definition) is 4. The second-order valence-corrected chi connectivity index (χ2v) is 8.25. The number of aromatic nitrogens is 1. The first kappa shape index (κ1) is 23.5. The first-order chi connectivity index (χ1) is 15.0. The van der Waals surface area contributed by atoms with E-state index in [0.29, 0.717) is 0 Å². The fraction of sp³-hybridized carbons (Fsp3) is 0.375. The summed E-state index contributed by atoms with van der Waals surface area (Å²) in [6.45, 7) is 6.56. The maximum Gasteiger partial charge on any atom is 0.324 e. The monoisotopic (exact) mass is 447 g/mol. The first-order valence-electron chi connectivity index (χ1n) is 10.2. The summed E-state index contributed by atoms with van der Waals surface area (Å²) in [5, 5.41) is 9.17. The van der Waals surface area contributed by atoms with Gasteiger partial charge in [-0.2, -0.15) is 0 Å². The number of hydrogen-bond donors (Lipinski definition) is 1. The van der Waals surface area contributed by atoms with E-state index in [-0.39, 0.29) is 12.2 Å². The first-order valence-corrected chi connectivity index (χ1v) is 10.2. The fourth-order valence-electron chi connectivity index (χ4n) is 4.29. The topological polar surface area (TPSA) is 76.5 Å². The van der Waals surface area contributed by atoms with Crippen LogP contribution in [0.2, 0.25) is 0 Å². The molecule has 1 aliphatic carbocycles. The molecule has 5 nitrogen and oxygen atoms in total. The molecule has 1 saturated carbocycles. The molecule has 1 aromatic heterocycles. The number of alkyl halides is 2. The maximum atomic E-state index is 13.7. The summed E-state index contributed by atoms with van der Waals surface area (Å²) in [5.74, 6) is -7.49. The lowest BCUT2D eigenvalue weighted by molar-refractivity contribution is -0.182. The summed E-state index contributed by atoms with van der Waals surface area (Å²) < 4.78 is 45.2. The molecule has 0 spiro atoms. The van der Waals surface area contributed by atoms with Crippen LogP contribution in [-0.4, -0.2) is 34.1 Å². The third-order valence-corrected chi connectivity index (χ3v) is 6.23. The van der Waals surface area contributed by atoms with Gasteiger partial charge in [0.1, 0.15) is 11.9 Å². The largest absolute Gasteiger partial charge is 0.480 e. The molecule has 0 radical (unpaired) electrons. The van der Waals surface area contributed by atoms with Gasteiger partial charge in [-0.15, -0.1) is 0 Å². The van der Waals surface area contributed by atoms with Gasteiger partial charge in [-0.25, -0.2) is 13.2 Å². The molecule has 4 rings (SSSR count). The molecule has 1 aliphatic heterocycles. The van der Waals surface area contributed by atoms with Gasteiger partial charge in [-0.3, -0.25) is 14.6 Å². The third-order valence-electron chi connectivity index (χ3n) is 6.23. The maximum absolute atomic E-state index is 13.7. The molecule has 1 aromatic carbocycles. The number of cyclic esters (lactones) is 1. The number of ether oxygens (including phenoxy) is 1. The Morgan fingerprint density at radius 3 is 2.53 bits per heavy atom. The van der Waals surface area contributed by atoms with Crippen LogP contribution in [-0.2, 0) is 14.3 Å². The van der Waals surface area contributed by atoms with Gasteiger partial charge in [0.2, 0.25) is 0 Å². The van der Waals surface area contributed by atoms with Gasteiger partial charge in [0.25, 0.3) is 5.92 Å². The lowest BCUT2D eigenvalue weighted by Gasteiger charge is -2.40.